The summed E-state index contributed by atoms with van der Waals surface area (Å²) in [7, 11) is 1.47. The largest absolute Gasteiger partial charge is 0.507 e. The van der Waals surface area contributed by atoms with Crippen molar-refractivity contribution in [1.82, 2.24) is 19.1 Å². The molecule has 11 nitrogen and oxygen atoms in total. The molecule has 0 aliphatic heterocycles. The zero-order valence-corrected chi connectivity index (χ0v) is 20.0. The van der Waals surface area contributed by atoms with Gasteiger partial charge < -0.3 is 19.5 Å². The normalized spacial score (nSPS) is 12.0. The number of aliphatic hydroxyl groups is 1. The Kier molecular flexibility index (Phi) is 8.18. The molecule has 35 heavy (non-hydrogen) atoms. The van der Waals surface area contributed by atoms with Gasteiger partial charge in [-0.25, -0.2) is 10.2 Å². The van der Waals surface area contributed by atoms with Gasteiger partial charge in [0.2, 0.25) is 5.95 Å². The minimum atomic E-state index is -1.03. The third-order valence-electron chi connectivity index (χ3n) is 4.96. The molecule has 2 heterocycles. The number of ether oxygens (including phenoxy) is 1. The van der Waals surface area contributed by atoms with E-state index in [1.807, 2.05) is 0 Å². The molecule has 0 amide bonds. The summed E-state index contributed by atoms with van der Waals surface area (Å²) < 4.78 is 8.18. The molecule has 1 unspecified atom stereocenters. The van der Waals surface area contributed by atoms with Crippen LogP contribution >= 0.6 is 24.0 Å². The number of imidazole rings is 1. The molecular weight excluding hydrogens is 499 g/mol. The average molecular weight is 521 g/mol. The SMILES string of the molecule is Cl.Cn1c(=O)[nH]c(=O)c2c1nc(N/N=C/c1ccccc1O)n2CC(O)COc1ccc(Cl)cc1. The third kappa shape index (κ3) is 5.83. The molecule has 2 aromatic carbocycles. The molecule has 4 N–H and O–H groups in total. The maximum Gasteiger partial charge on any atom is 0.329 e. The molecule has 0 fully saturated rings. The predicted molar refractivity (Wildman–Crippen MR) is 135 cm³/mol. The summed E-state index contributed by atoms with van der Waals surface area (Å²) in [4.78, 5) is 31.1. The van der Waals surface area contributed by atoms with E-state index >= 15 is 0 Å². The molecule has 0 spiro atoms. The highest BCUT2D eigenvalue weighted by Gasteiger charge is 2.20. The molecule has 0 saturated heterocycles. The van der Waals surface area contributed by atoms with E-state index in [2.05, 4.69) is 20.5 Å². The number of hydrogen-bond acceptors (Lipinski definition) is 8. The lowest BCUT2D eigenvalue weighted by atomic mass is 10.2. The van der Waals surface area contributed by atoms with Gasteiger partial charge in [0.15, 0.2) is 11.2 Å². The highest BCUT2D eigenvalue weighted by atomic mass is 35.5. The van der Waals surface area contributed by atoms with Crippen LogP contribution in [0, 0.1) is 0 Å². The van der Waals surface area contributed by atoms with Gasteiger partial charge in [-0.1, -0.05) is 23.7 Å². The number of halogens is 2. The van der Waals surface area contributed by atoms with Crippen LogP contribution in [0.4, 0.5) is 5.95 Å². The lowest BCUT2D eigenvalue weighted by Crippen LogP contribution is -2.30. The summed E-state index contributed by atoms with van der Waals surface area (Å²) in [6.45, 7) is -0.161. The first-order chi connectivity index (χ1) is 16.3. The fourth-order valence-electron chi connectivity index (χ4n) is 3.24. The second kappa shape index (κ2) is 11.1. The highest BCUT2D eigenvalue weighted by molar-refractivity contribution is 6.30. The lowest BCUT2D eigenvalue weighted by Gasteiger charge is -2.15. The number of hydrogen-bond donors (Lipinski definition) is 4. The summed E-state index contributed by atoms with van der Waals surface area (Å²) >= 11 is 5.87. The Morgan fingerprint density at radius 1 is 1.23 bits per heavy atom. The number of aliphatic hydroxyl groups excluding tert-OH is 1. The first-order valence-corrected chi connectivity index (χ1v) is 10.5. The van der Waals surface area contributed by atoms with Crippen LogP contribution in [0.3, 0.4) is 0 Å². The van der Waals surface area contributed by atoms with E-state index in [1.54, 1.807) is 42.5 Å². The van der Waals surface area contributed by atoms with E-state index in [0.29, 0.717) is 16.3 Å². The molecular formula is C22H22Cl2N6O5. The molecule has 0 bridgehead atoms. The molecule has 0 aliphatic carbocycles. The van der Waals surface area contributed by atoms with Gasteiger partial charge in [-0.2, -0.15) is 10.1 Å². The van der Waals surface area contributed by atoms with E-state index in [-0.39, 0.29) is 48.4 Å². The monoisotopic (exact) mass is 520 g/mol. The Bertz CT molecular complexity index is 1460. The maximum absolute atomic E-state index is 12.6. The summed E-state index contributed by atoms with van der Waals surface area (Å²) in [5, 5.41) is 25.1. The van der Waals surface area contributed by atoms with Gasteiger partial charge in [0.05, 0.1) is 12.8 Å². The summed E-state index contributed by atoms with van der Waals surface area (Å²) in [6.07, 6.45) is 0.343. The zero-order valence-electron chi connectivity index (χ0n) is 18.4. The molecule has 2 aromatic heterocycles. The summed E-state index contributed by atoms with van der Waals surface area (Å²) in [5.74, 6) is 0.666. The summed E-state index contributed by atoms with van der Waals surface area (Å²) in [5.41, 5.74) is 2.07. The topological polar surface area (TPSA) is 147 Å². The van der Waals surface area contributed by atoms with Crippen LogP contribution < -0.4 is 21.4 Å². The smallest absolute Gasteiger partial charge is 0.329 e. The van der Waals surface area contributed by atoms with Crippen LogP contribution in [0.15, 0.2) is 63.2 Å². The second-order valence-corrected chi connectivity index (χ2v) is 7.82. The Morgan fingerprint density at radius 2 is 1.94 bits per heavy atom. The van der Waals surface area contributed by atoms with Crippen LogP contribution in [0.1, 0.15) is 5.56 Å². The van der Waals surface area contributed by atoms with Crippen LogP contribution in [0.5, 0.6) is 11.5 Å². The standard InChI is InChI=1S/C22H21ClN6O5.ClH/c1-28-19-18(20(32)26-22(28)33)29(11-15(30)12-34-16-8-6-14(23)7-9-16)21(25-19)27-24-10-13-4-2-3-5-17(13)31;/h2-10,15,30-31H,11-12H2,1H3,(H,25,27)(H,26,32,33);1H/b24-10+;. The Morgan fingerprint density at radius 3 is 2.66 bits per heavy atom. The minimum Gasteiger partial charge on any atom is -0.507 e. The Hall–Kier alpha value is -3.80. The van der Waals surface area contributed by atoms with Gasteiger partial charge >= 0.3 is 5.69 Å². The van der Waals surface area contributed by atoms with Crippen LogP contribution in [0.25, 0.3) is 11.2 Å². The summed E-state index contributed by atoms with van der Waals surface area (Å²) in [6, 6.07) is 13.3. The van der Waals surface area contributed by atoms with Gasteiger partial charge in [0, 0.05) is 17.6 Å². The number of benzene rings is 2. The number of nitrogens with zero attached hydrogens (tertiary/aromatic N) is 4. The van der Waals surface area contributed by atoms with Crippen molar-refractivity contribution in [1.29, 1.82) is 0 Å². The molecule has 184 valence electrons. The van der Waals surface area contributed by atoms with Crippen molar-refractivity contribution in [3.63, 3.8) is 0 Å². The van der Waals surface area contributed by atoms with E-state index in [1.165, 1.54) is 28.5 Å². The van der Waals surface area contributed by atoms with Gasteiger partial charge in [0.1, 0.15) is 24.2 Å². The van der Waals surface area contributed by atoms with Crippen molar-refractivity contribution in [3.05, 3.63) is 80.0 Å². The molecule has 0 radical (unpaired) electrons. The van der Waals surface area contributed by atoms with Gasteiger partial charge in [0.25, 0.3) is 5.56 Å². The van der Waals surface area contributed by atoms with Crippen molar-refractivity contribution in [2.24, 2.45) is 12.1 Å². The minimum absolute atomic E-state index is 0. The third-order valence-corrected chi connectivity index (χ3v) is 5.21. The fourth-order valence-corrected chi connectivity index (χ4v) is 3.37. The van der Waals surface area contributed by atoms with E-state index in [9.17, 15) is 19.8 Å². The molecule has 4 rings (SSSR count). The van der Waals surface area contributed by atoms with Crippen LogP contribution in [0.2, 0.25) is 5.02 Å². The van der Waals surface area contributed by atoms with Crippen LogP contribution in [-0.4, -0.2) is 48.2 Å². The number of H-pyrrole nitrogens is 1. The van der Waals surface area contributed by atoms with Crippen LogP contribution in [-0.2, 0) is 13.6 Å². The fraction of sp³-hybridized carbons (Fsp3) is 0.182. The quantitative estimate of drug-likeness (QED) is 0.205. The highest BCUT2D eigenvalue weighted by Crippen LogP contribution is 2.19. The Balaban J connectivity index is 0.00000342. The van der Waals surface area contributed by atoms with E-state index in [0.717, 1.165) is 0 Å². The molecule has 1 atom stereocenters. The maximum atomic E-state index is 12.6. The predicted octanol–water partition coefficient (Wildman–Crippen LogP) is 2.09. The zero-order chi connectivity index (χ0) is 24.2. The number of hydrazone groups is 1. The van der Waals surface area contributed by atoms with Gasteiger partial charge in [-0.3, -0.25) is 14.3 Å². The van der Waals surface area contributed by atoms with Crippen molar-refractivity contribution in [2.75, 3.05) is 12.0 Å². The lowest BCUT2D eigenvalue weighted by molar-refractivity contribution is 0.0938. The van der Waals surface area contributed by atoms with Gasteiger partial charge in [-0.05, 0) is 36.4 Å². The number of rotatable bonds is 8. The first-order valence-electron chi connectivity index (χ1n) is 10.2. The molecule has 4 aromatic rings. The number of aromatic hydroxyl groups is 1. The average Bonchev–Trinajstić information content (AvgIpc) is 3.17. The van der Waals surface area contributed by atoms with E-state index < -0.39 is 17.4 Å². The number of phenolic OH excluding ortho intramolecular Hbond substituents is 1. The number of aromatic amines is 1. The Labute approximate surface area is 209 Å². The number of phenols is 1. The molecule has 13 heteroatoms. The van der Waals surface area contributed by atoms with Crippen molar-refractivity contribution in [3.8, 4) is 11.5 Å². The van der Waals surface area contributed by atoms with E-state index in [4.69, 9.17) is 16.3 Å². The number of fused-ring (bicyclic) bond motifs is 1. The number of para-hydroxylation sites is 1. The first kappa shape index (κ1) is 25.8. The second-order valence-electron chi connectivity index (χ2n) is 7.38. The molecule has 0 saturated carbocycles. The van der Waals surface area contributed by atoms with Crippen molar-refractivity contribution in [2.45, 2.75) is 12.6 Å². The number of aromatic nitrogens is 4. The van der Waals surface area contributed by atoms with Crippen molar-refractivity contribution < 1.29 is 14.9 Å². The van der Waals surface area contributed by atoms with Gasteiger partial charge in [-0.15, -0.1) is 12.4 Å². The molecule has 0 aliphatic rings. The van der Waals surface area contributed by atoms with Crippen molar-refractivity contribution >= 4 is 47.3 Å². The number of anilines is 1. The number of nitrogens with one attached hydrogen (secondary N) is 2. The number of aryl methyl sites for hydroxylation is 1.